The van der Waals surface area contributed by atoms with Gasteiger partial charge >= 0.3 is 0 Å². The number of amides is 1. The molecule has 0 aliphatic carbocycles. The number of aromatic nitrogens is 2. The fraction of sp³-hybridized carbons (Fsp3) is 0.737. The second-order valence-electron chi connectivity index (χ2n) is 7.52. The van der Waals surface area contributed by atoms with Gasteiger partial charge in [-0.05, 0) is 63.7 Å². The van der Waals surface area contributed by atoms with Gasteiger partial charge < -0.3 is 9.80 Å². The van der Waals surface area contributed by atoms with Gasteiger partial charge in [0, 0.05) is 31.7 Å². The van der Waals surface area contributed by atoms with Crippen molar-refractivity contribution in [2.24, 2.45) is 0 Å². The van der Waals surface area contributed by atoms with Crippen LogP contribution in [0.2, 0.25) is 0 Å². The minimum atomic E-state index is 0.0610. The molecule has 136 valence electrons. The first-order chi connectivity index (χ1) is 12.3. The highest BCUT2D eigenvalue weighted by Gasteiger charge is 2.39. The van der Waals surface area contributed by atoms with Gasteiger partial charge in [0.15, 0.2) is 11.5 Å². The Balaban J connectivity index is 1.47. The second kappa shape index (κ2) is 7.28. The first-order valence-electron chi connectivity index (χ1n) is 9.91. The van der Waals surface area contributed by atoms with Crippen LogP contribution in [0.25, 0.3) is 0 Å². The summed E-state index contributed by atoms with van der Waals surface area (Å²) in [4.78, 5) is 19.9. The van der Waals surface area contributed by atoms with Gasteiger partial charge in [0.25, 0.3) is 5.91 Å². The van der Waals surface area contributed by atoms with Crippen LogP contribution < -0.4 is 4.90 Å². The second-order valence-corrected chi connectivity index (χ2v) is 7.52. The lowest BCUT2D eigenvalue weighted by atomic mass is 10.0. The minimum Gasteiger partial charge on any atom is -0.355 e. The normalized spacial score (nSPS) is 27.4. The maximum atomic E-state index is 13.0. The first-order valence-corrected chi connectivity index (χ1v) is 9.91. The van der Waals surface area contributed by atoms with Crippen LogP contribution in [0.1, 0.15) is 55.9 Å². The van der Waals surface area contributed by atoms with Crippen molar-refractivity contribution < 1.29 is 4.79 Å². The first kappa shape index (κ1) is 16.8. The Morgan fingerprint density at radius 2 is 1.76 bits per heavy atom. The predicted molar refractivity (Wildman–Crippen MR) is 97.8 cm³/mol. The van der Waals surface area contributed by atoms with Gasteiger partial charge in [0.05, 0.1) is 0 Å². The van der Waals surface area contributed by atoms with Crippen LogP contribution >= 0.6 is 0 Å². The molecular formula is C19H29N5O. The van der Waals surface area contributed by atoms with Crippen LogP contribution in [-0.4, -0.2) is 70.7 Å². The number of likely N-dealkylation sites (tertiary alicyclic amines) is 2. The lowest BCUT2D eigenvalue weighted by Crippen LogP contribution is -2.48. The monoisotopic (exact) mass is 343 g/mol. The molecule has 0 N–H and O–H groups in total. The predicted octanol–water partition coefficient (Wildman–Crippen LogP) is 2.17. The highest BCUT2D eigenvalue weighted by atomic mass is 16.2. The third-order valence-corrected chi connectivity index (χ3v) is 6.12. The van der Waals surface area contributed by atoms with E-state index < -0.39 is 0 Å². The van der Waals surface area contributed by atoms with Crippen molar-refractivity contribution in [2.75, 3.05) is 37.6 Å². The van der Waals surface area contributed by atoms with E-state index in [0.717, 1.165) is 44.8 Å². The molecule has 3 aliphatic rings. The van der Waals surface area contributed by atoms with Crippen LogP contribution in [0.5, 0.6) is 0 Å². The molecule has 1 aromatic rings. The van der Waals surface area contributed by atoms with E-state index in [1.807, 2.05) is 12.1 Å². The Hall–Kier alpha value is -1.69. The molecule has 0 radical (unpaired) electrons. The van der Waals surface area contributed by atoms with Crippen molar-refractivity contribution in [3.8, 4) is 0 Å². The third kappa shape index (κ3) is 3.24. The zero-order chi connectivity index (χ0) is 17.2. The van der Waals surface area contributed by atoms with Crippen molar-refractivity contribution in [1.82, 2.24) is 20.0 Å². The number of carbonyl (C=O) groups excluding carboxylic acids is 1. The topological polar surface area (TPSA) is 52.6 Å². The summed E-state index contributed by atoms with van der Waals surface area (Å²) in [6.07, 6.45) is 7.11. The Morgan fingerprint density at radius 1 is 1.00 bits per heavy atom. The van der Waals surface area contributed by atoms with E-state index in [1.165, 1.54) is 32.2 Å². The third-order valence-electron chi connectivity index (χ3n) is 6.12. The number of carbonyl (C=O) groups is 1. The molecular weight excluding hydrogens is 314 g/mol. The van der Waals surface area contributed by atoms with Gasteiger partial charge in [-0.3, -0.25) is 9.69 Å². The molecule has 3 saturated heterocycles. The molecule has 2 atom stereocenters. The molecule has 0 spiro atoms. The van der Waals surface area contributed by atoms with Crippen molar-refractivity contribution in [3.05, 3.63) is 17.8 Å². The summed E-state index contributed by atoms with van der Waals surface area (Å²) >= 11 is 0. The lowest BCUT2D eigenvalue weighted by Gasteiger charge is -2.34. The molecule has 0 aromatic carbocycles. The summed E-state index contributed by atoms with van der Waals surface area (Å²) in [5.41, 5.74) is 0.496. The number of likely N-dealkylation sites (N-methyl/N-ethyl adjacent to an activating group) is 1. The van der Waals surface area contributed by atoms with E-state index in [1.54, 1.807) is 0 Å². The average molecular weight is 343 g/mol. The summed E-state index contributed by atoms with van der Waals surface area (Å²) in [7, 11) is 0. The van der Waals surface area contributed by atoms with Gasteiger partial charge in [-0.25, -0.2) is 0 Å². The van der Waals surface area contributed by atoms with E-state index in [9.17, 15) is 4.79 Å². The minimum absolute atomic E-state index is 0.0610. The van der Waals surface area contributed by atoms with E-state index in [4.69, 9.17) is 0 Å². The zero-order valence-electron chi connectivity index (χ0n) is 15.2. The summed E-state index contributed by atoms with van der Waals surface area (Å²) in [6, 6.07) is 4.69. The smallest absolute Gasteiger partial charge is 0.274 e. The SMILES string of the molecule is CCN1CCC[C@H]1[C@@H]1CCCN1C(=O)c1ccc(N2CCCC2)nn1. The molecule has 0 unspecified atom stereocenters. The molecule has 0 saturated carbocycles. The molecule has 6 nitrogen and oxygen atoms in total. The number of nitrogens with zero attached hydrogens (tertiary/aromatic N) is 5. The van der Waals surface area contributed by atoms with Crippen LogP contribution in [0, 0.1) is 0 Å². The largest absolute Gasteiger partial charge is 0.355 e. The van der Waals surface area contributed by atoms with Gasteiger partial charge in [0.1, 0.15) is 0 Å². The summed E-state index contributed by atoms with van der Waals surface area (Å²) in [5, 5.41) is 8.60. The number of hydrogen-bond acceptors (Lipinski definition) is 5. The maximum Gasteiger partial charge on any atom is 0.274 e. The fourth-order valence-electron chi connectivity index (χ4n) is 4.83. The van der Waals surface area contributed by atoms with Crippen LogP contribution in [0.15, 0.2) is 12.1 Å². The van der Waals surface area contributed by atoms with Crippen molar-refractivity contribution in [1.29, 1.82) is 0 Å². The van der Waals surface area contributed by atoms with Gasteiger partial charge in [0.2, 0.25) is 0 Å². The Labute approximate surface area is 150 Å². The molecule has 3 fully saturated rings. The number of anilines is 1. The standard InChI is InChI=1S/C19H29N5O/c1-2-22-13-5-7-16(22)17-8-6-14-24(17)19(25)15-9-10-18(21-20-15)23-11-3-4-12-23/h9-10,16-17H,2-8,11-14H2,1H3/t16-,17-/m0/s1. The average Bonchev–Trinajstić information content (AvgIpc) is 3.41. The van der Waals surface area contributed by atoms with Gasteiger partial charge in [-0.1, -0.05) is 6.92 Å². The van der Waals surface area contributed by atoms with E-state index in [-0.39, 0.29) is 5.91 Å². The molecule has 4 rings (SSSR count). The molecule has 4 heterocycles. The maximum absolute atomic E-state index is 13.0. The lowest BCUT2D eigenvalue weighted by molar-refractivity contribution is 0.0643. The van der Waals surface area contributed by atoms with E-state index in [2.05, 4.69) is 31.8 Å². The molecule has 0 bridgehead atoms. The van der Waals surface area contributed by atoms with E-state index in [0.29, 0.717) is 17.8 Å². The quantitative estimate of drug-likeness (QED) is 0.839. The molecule has 3 aliphatic heterocycles. The number of hydrogen-bond donors (Lipinski definition) is 0. The highest BCUT2D eigenvalue weighted by molar-refractivity contribution is 5.92. The van der Waals surface area contributed by atoms with Gasteiger partial charge in [-0.2, -0.15) is 0 Å². The highest BCUT2D eigenvalue weighted by Crippen LogP contribution is 2.30. The van der Waals surface area contributed by atoms with Gasteiger partial charge in [-0.15, -0.1) is 10.2 Å². The summed E-state index contributed by atoms with van der Waals surface area (Å²) in [6.45, 7) is 7.42. The molecule has 1 aromatic heterocycles. The van der Waals surface area contributed by atoms with E-state index >= 15 is 0 Å². The summed E-state index contributed by atoms with van der Waals surface area (Å²) < 4.78 is 0. The van der Waals surface area contributed by atoms with Crippen molar-refractivity contribution in [2.45, 2.75) is 57.5 Å². The molecule has 6 heteroatoms. The van der Waals surface area contributed by atoms with Crippen molar-refractivity contribution >= 4 is 11.7 Å². The summed E-state index contributed by atoms with van der Waals surface area (Å²) in [5.74, 6) is 0.964. The fourth-order valence-corrected chi connectivity index (χ4v) is 4.83. The molecule has 25 heavy (non-hydrogen) atoms. The van der Waals surface area contributed by atoms with Crippen LogP contribution in [-0.2, 0) is 0 Å². The Kier molecular flexibility index (Phi) is 4.88. The van der Waals surface area contributed by atoms with Crippen molar-refractivity contribution in [3.63, 3.8) is 0 Å². The van der Waals surface area contributed by atoms with Crippen LogP contribution in [0.3, 0.4) is 0 Å². The Bertz CT molecular complexity index is 598. The van der Waals surface area contributed by atoms with Crippen LogP contribution in [0.4, 0.5) is 5.82 Å². The Morgan fingerprint density at radius 3 is 2.48 bits per heavy atom. The number of rotatable bonds is 4. The molecule has 1 amide bonds. The zero-order valence-corrected chi connectivity index (χ0v) is 15.2.